The molecule has 1 unspecified atom stereocenters. The van der Waals surface area contributed by atoms with Crippen molar-refractivity contribution in [3.63, 3.8) is 0 Å². The lowest BCUT2D eigenvalue weighted by molar-refractivity contribution is 0.0485. The second-order valence-corrected chi connectivity index (χ2v) is 4.96. The third-order valence-electron chi connectivity index (χ3n) is 2.70. The van der Waals surface area contributed by atoms with E-state index in [9.17, 15) is 4.39 Å². The van der Waals surface area contributed by atoms with Crippen LogP contribution in [0.2, 0.25) is 0 Å². The molecular weight excluding hydrogens is 161 g/mol. The van der Waals surface area contributed by atoms with Gasteiger partial charge in [-0.1, -0.05) is 13.8 Å². The first kappa shape index (κ1) is 9.33. The Morgan fingerprint density at radius 1 is 1.64 bits per heavy atom. The monoisotopic (exact) mass is 177 g/mol. The predicted molar refractivity (Wildman–Crippen MR) is 48.6 cm³/mol. The van der Waals surface area contributed by atoms with Gasteiger partial charge < -0.3 is 5.73 Å². The molecule has 1 rings (SSSR count). The summed E-state index contributed by atoms with van der Waals surface area (Å²) in [4.78, 5) is 0. The van der Waals surface area contributed by atoms with Gasteiger partial charge in [0, 0.05) is 17.7 Å². The average Bonchev–Trinajstić information content (AvgIpc) is 2.38. The molecule has 2 N–H and O–H groups in total. The van der Waals surface area contributed by atoms with E-state index in [1.54, 1.807) is 11.8 Å². The first-order chi connectivity index (χ1) is 5.02. The number of hydrogen-bond donors (Lipinski definition) is 1. The van der Waals surface area contributed by atoms with E-state index in [0.717, 1.165) is 5.75 Å². The van der Waals surface area contributed by atoms with Crippen molar-refractivity contribution >= 4 is 11.8 Å². The fourth-order valence-electron chi connectivity index (χ4n) is 1.26. The third-order valence-corrected chi connectivity index (χ3v) is 3.85. The topological polar surface area (TPSA) is 26.0 Å². The van der Waals surface area contributed by atoms with Gasteiger partial charge in [-0.05, 0) is 12.2 Å². The van der Waals surface area contributed by atoms with Crippen molar-refractivity contribution < 1.29 is 4.39 Å². The normalized spacial score (nSPS) is 32.7. The molecule has 0 aromatic heterocycles. The zero-order chi connectivity index (χ0) is 8.54. The molecule has 1 saturated heterocycles. The van der Waals surface area contributed by atoms with E-state index < -0.39 is 5.67 Å². The predicted octanol–water partition coefficient (Wildman–Crippen LogP) is 1.82. The van der Waals surface area contributed by atoms with Gasteiger partial charge in [0.05, 0.1) is 0 Å². The van der Waals surface area contributed by atoms with Gasteiger partial charge in [0.1, 0.15) is 5.67 Å². The highest BCUT2D eigenvalue weighted by molar-refractivity contribution is 7.99. The maximum absolute atomic E-state index is 14.0. The maximum Gasteiger partial charge on any atom is 0.127 e. The fraction of sp³-hybridized carbons (Fsp3) is 1.00. The molecule has 11 heavy (non-hydrogen) atoms. The van der Waals surface area contributed by atoms with E-state index in [0.29, 0.717) is 18.7 Å². The van der Waals surface area contributed by atoms with Crippen LogP contribution in [0.25, 0.3) is 0 Å². The Balaban J connectivity index is 2.69. The summed E-state index contributed by atoms with van der Waals surface area (Å²) in [5.74, 6) is 1.57. The van der Waals surface area contributed by atoms with Crippen molar-refractivity contribution in [2.75, 3.05) is 18.1 Å². The van der Waals surface area contributed by atoms with Crippen LogP contribution in [0.4, 0.5) is 4.39 Å². The fourth-order valence-corrected chi connectivity index (χ4v) is 2.73. The van der Waals surface area contributed by atoms with E-state index in [1.807, 2.05) is 13.8 Å². The smallest absolute Gasteiger partial charge is 0.127 e. The SMILES string of the molecule is CC(C)(CN)C1(F)CCSC1. The van der Waals surface area contributed by atoms with E-state index >= 15 is 0 Å². The summed E-state index contributed by atoms with van der Waals surface area (Å²) in [6.45, 7) is 4.27. The van der Waals surface area contributed by atoms with Crippen LogP contribution in [-0.4, -0.2) is 23.7 Å². The number of hydrogen-bond acceptors (Lipinski definition) is 2. The van der Waals surface area contributed by atoms with Crippen LogP contribution < -0.4 is 5.73 Å². The molecule has 66 valence electrons. The molecule has 1 atom stereocenters. The molecule has 0 aromatic carbocycles. The first-order valence-corrected chi connectivity index (χ1v) is 5.14. The van der Waals surface area contributed by atoms with Gasteiger partial charge in [0.15, 0.2) is 0 Å². The molecule has 1 fully saturated rings. The van der Waals surface area contributed by atoms with Gasteiger partial charge in [-0.25, -0.2) is 4.39 Å². The van der Waals surface area contributed by atoms with Crippen LogP contribution in [0.3, 0.4) is 0 Å². The van der Waals surface area contributed by atoms with Gasteiger partial charge in [-0.2, -0.15) is 11.8 Å². The van der Waals surface area contributed by atoms with E-state index in [-0.39, 0.29) is 5.41 Å². The van der Waals surface area contributed by atoms with Crippen molar-refractivity contribution in [1.82, 2.24) is 0 Å². The number of thioether (sulfide) groups is 1. The lowest BCUT2D eigenvalue weighted by Crippen LogP contribution is -2.45. The van der Waals surface area contributed by atoms with E-state index in [4.69, 9.17) is 5.73 Å². The Morgan fingerprint density at radius 2 is 2.27 bits per heavy atom. The molecule has 3 heteroatoms. The molecule has 1 aliphatic heterocycles. The summed E-state index contributed by atoms with van der Waals surface area (Å²) in [6, 6.07) is 0. The van der Waals surface area contributed by atoms with Crippen LogP contribution in [0, 0.1) is 5.41 Å². The highest BCUT2D eigenvalue weighted by Gasteiger charge is 2.46. The molecule has 0 radical (unpaired) electrons. The molecule has 0 bridgehead atoms. The highest BCUT2D eigenvalue weighted by Crippen LogP contribution is 2.44. The number of rotatable bonds is 2. The molecule has 1 aliphatic rings. The van der Waals surface area contributed by atoms with Crippen molar-refractivity contribution in [3.05, 3.63) is 0 Å². The number of alkyl halides is 1. The van der Waals surface area contributed by atoms with Gasteiger partial charge in [0.25, 0.3) is 0 Å². The molecule has 0 saturated carbocycles. The largest absolute Gasteiger partial charge is 0.330 e. The summed E-state index contributed by atoms with van der Waals surface area (Å²) in [5, 5.41) is 0. The van der Waals surface area contributed by atoms with Crippen LogP contribution >= 0.6 is 11.8 Å². The van der Waals surface area contributed by atoms with Crippen molar-refractivity contribution in [2.24, 2.45) is 11.1 Å². The average molecular weight is 177 g/mol. The van der Waals surface area contributed by atoms with Crippen molar-refractivity contribution in [1.29, 1.82) is 0 Å². The van der Waals surface area contributed by atoms with Gasteiger partial charge in [0.2, 0.25) is 0 Å². The standard InChI is InChI=1S/C8H16FNS/c1-7(2,5-10)8(9)3-4-11-6-8/h3-6,10H2,1-2H3. The second-order valence-electron chi connectivity index (χ2n) is 3.86. The van der Waals surface area contributed by atoms with E-state index in [1.165, 1.54) is 0 Å². The van der Waals surface area contributed by atoms with Crippen LogP contribution in [-0.2, 0) is 0 Å². The number of halogens is 1. The Bertz CT molecular complexity index is 141. The lowest BCUT2D eigenvalue weighted by Gasteiger charge is -2.35. The molecule has 0 aliphatic carbocycles. The maximum atomic E-state index is 14.0. The molecule has 1 nitrogen and oxygen atoms in total. The van der Waals surface area contributed by atoms with Crippen LogP contribution in [0.1, 0.15) is 20.3 Å². The quantitative estimate of drug-likeness (QED) is 0.696. The number of nitrogens with two attached hydrogens (primary N) is 1. The Kier molecular flexibility index (Phi) is 2.49. The van der Waals surface area contributed by atoms with E-state index in [2.05, 4.69) is 0 Å². The van der Waals surface area contributed by atoms with Gasteiger partial charge >= 0.3 is 0 Å². The third kappa shape index (κ3) is 1.54. The Labute approximate surface area is 71.9 Å². The van der Waals surface area contributed by atoms with Crippen molar-refractivity contribution in [3.8, 4) is 0 Å². The van der Waals surface area contributed by atoms with Gasteiger partial charge in [-0.15, -0.1) is 0 Å². The Hall–Kier alpha value is 0.240. The molecular formula is C8H16FNS. The minimum absolute atomic E-state index is 0.351. The zero-order valence-corrected chi connectivity index (χ0v) is 8.01. The highest BCUT2D eigenvalue weighted by atomic mass is 32.2. The second kappa shape index (κ2) is 2.94. The summed E-state index contributed by atoms with van der Waals surface area (Å²) in [7, 11) is 0. The minimum atomic E-state index is -1.02. The van der Waals surface area contributed by atoms with Crippen molar-refractivity contribution in [2.45, 2.75) is 25.9 Å². The molecule has 0 aromatic rings. The van der Waals surface area contributed by atoms with Crippen LogP contribution in [0.5, 0.6) is 0 Å². The zero-order valence-electron chi connectivity index (χ0n) is 7.19. The summed E-state index contributed by atoms with van der Waals surface area (Å²) < 4.78 is 14.0. The molecule has 1 heterocycles. The summed E-state index contributed by atoms with van der Waals surface area (Å²) >= 11 is 1.69. The molecule has 0 amide bonds. The van der Waals surface area contributed by atoms with Crippen LogP contribution in [0.15, 0.2) is 0 Å². The molecule has 0 spiro atoms. The minimum Gasteiger partial charge on any atom is -0.330 e. The first-order valence-electron chi connectivity index (χ1n) is 3.99. The summed E-state index contributed by atoms with van der Waals surface area (Å²) in [5.41, 5.74) is 4.15. The Morgan fingerprint density at radius 3 is 2.64 bits per heavy atom. The summed E-state index contributed by atoms with van der Waals surface area (Å²) in [6.07, 6.45) is 0.669. The lowest BCUT2D eigenvalue weighted by atomic mass is 9.76. The van der Waals surface area contributed by atoms with Gasteiger partial charge in [-0.3, -0.25) is 0 Å².